The first-order valence-corrected chi connectivity index (χ1v) is 53.6. The van der Waals surface area contributed by atoms with Crippen molar-refractivity contribution in [2.45, 2.75) is 369 Å². The summed E-state index contributed by atoms with van der Waals surface area (Å²) in [6.45, 7) is 91.9. The normalized spacial score (nSPS) is 8.56. The molecule has 144 heavy (non-hydrogen) atoms. The van der Waals surface area contributed by atoms with E-state index in [0.717, 1.165) is 150 Å². The van der Waals surface area contributed by atoms with Crippen LogP contribution in [0.2, 0.25) is 0 Å². The lowest BCUT2D eigenvalue weighted by molar-refractivity contribution is 1.02. The quantitative estimate of drug-likeness (QED) is 0.137. The van der Waals surface area contributed by atoms with Gasteiger partial charge >= 0.3 is 0 Å². The maximum Gasteiger partial charge on any atom is 0.159 e. The van der Waals surface area contributed by atoms with E-state index in [4.69, 9.17) is 0 Å². The Morgan fingerprint density at radius 3 is 1.01 bits per heavy atom. The summed E-state index contributed by atoms with van der Waals surface area (Å²) in [4.78, 5) is 66.9. The van der Waals surface area contributed by atoms with Crippen molar-refractivity contribution in [3.63, 3.8) is 0 Å². The number of aryl methyl sites for hydroxylation is 9. The summed E-state index contributed by atoms with van der Waals surface area (Å²) in [5.41, 5.74) is 17.7. The minimum atomic E-state index is 0.823. The maximum absolute atomic E-state index is 4.31. The van der Waals surface area contributed by atoms with Crippen LogP contribution in [0.5, 0.6) is 0 Å². The van der Waals surface area contributed by atoms with Crippen molar-refractivity contribution >= 4 is 98.4 Å². The molecule has 18 aromatic rings. The molecular formula is C126H198N18. The van der Waals surface area contributed by atoms with Crippen LogP contribution < -0.4 is 0 Å². The molecule has 0 saturated carbocycles. The van der Waals surface area contributed by atoms with E-state index in [2.05, 4.69) is 221 Å². The molecule has 18 rings (SSSR count). The number of hydrogen-bond donors (Lipinski definition) is 0. The highest BCUT2D eigenvalue weighted by Gasteiger charge is 2.00. The minimum Gasteiger partial charge on any atom is -0.264 e. The van der Waals surface area contributed by atoms with Gasteiger partial charge in [-0.1, -0.05) is 368 Å². The third-order valence-electron chi connectivity index (χ3n) is 14.5. The Morgan fingerprint density at radius 2 is 0.486 bits per heavy atom. The van der Waals surface area contributed by atoms with E-state index in [1.54, 1.807) is 55.8 Å². The summed E-state index contributed by atoms with van der Waals surface area (Å²) in [7, 11) is 0. The lowest BCUT2D eigenvalue weighted by atomic mass is 10.2. The number of rotatable bonds is 0. The van der Waals surface area contributed by atoms with Crippen LogP contribution in [0.25, 0.3) is 98.4 Å². The molecule has 0 amide bonds. The molecule has 792 valence electrons. The number of pyridine rings is 12. The van der Waals surface area contributed by atoms with Crippen LogP contribution in [0.15, 0.2) is 275 Å². The number of hydrogen-bond acceptors (Lipinski definition) is 18. The van der Waals surface area contributed by atoms with E-state index >= 15 is 0 Å². The fourth-order valence-electron chi connectivity index (χ4n) is 9.62. The van der Waals surface area contributed by atoms with Crippen LogP contribution in [0, 0.1) is 62.3 Å². The van der Waals surface area contributed by atoms with E-state index in [9.17, 15) is 0 Å². The third kappa shape index (κ3) is 75.8. The Kier molecular flexibility index (Phi) is 114. The first kappa shape index (κ1) is 149. The van der Waals surface area contributed by atoms with Gasteiger partial charge in [0.05, 0.1) is 73.4 Å². The van der Waals surface area contributed by atoms with Gasteiger partial charge in [0, 0.05) is 145 Å². The minimum absolute atomic E-state index is 0.823. The lowest BCUT2D eigenvalue weighted by Gasteiger charge is -1.95. The molecule has 0 fully saturated rings. The summed E-state index contributed by atoms with van der Waals surface area (Å²) >= 11 is 0. The number of benzene rings is 3. The molecule has 15 aromatic heterocycles. The average molecular weight is 1970 g/mol. The second kappa shape index (κ2) is 110. The first-order valence-electron chi connectivity index (χ1n) is 53.6. The Hall–Kier alpha value is -13.0. The third-order valence-corrected chi connectivity index (χ3v) is 14.5. The van der Waals surface area contributed by atoms with Gasteiger partial charge in [0.1, 0.15) is 5.82 Å². The van der Waals surface area contributed by atoms with Gasteiger partial charge in [-0.15, -0.1) is 0 Å². The Bertz CT molecular complexity index is 4700. The number of aromatic nitrogens is 18. The van der Waals surface area contributed by atoms with Gasteiger partial charge in [-0.3, -0.25) is 54.8 Å². The van der Waals surface area contributed by atoms with Gasteiger partial charge in [0.25, 0.3) is 0 Å². The standard InChI is InChI=1S/9C9H8N2.9C3H8.9C2H6/c1-7-4-9-5-10-3-2-8(9)6-11-7;1-7-2-3-8-4-5-10-6-9(8)11-7;1-7-4-5-8-9(11-7)3-2-6-10-8;1-7-4-5-8-3-2-6-10-9(8)11-7;1-7-5-9-8(6-11-7)3-2-4-10-9;1-7-5-8-3-2-4-10-9(8)6-11-7;1-7-10-6-8-4-2-3-5-9(8)11-7;1-7-6-10-8-4-2-3-5-9(8)11-7;1-7-6-8-4-2-3-5-9(8)11-10-7;9*1-3-2;9*1-2/h9*2-6H,1H3;9*3H2,1-2H3;9*1-2H3. The molecule has 0 radical (unpaired) electrons. The zero-order valence-corrected chi connectivity index (χ0v) is 98.9. The summed E-state index contributed by atoms with van der Waals surface area (Å²) in [5.74, 6) is 0.823. The molecule has 3 aromatic carbocycles. The molecule has 0 aliphatic heterocycles. The van der Waals surface area contributed by atoms with E-state index in [1.165, 1.54) is 57.8 Å². The number of para-hydroxylation sites is 3. The van der Waals surface area contributed by atoms with Crippen LogP contribution in [-0.2, 0) is 0 Å². The Labute approximate surface area is 878 Å². The van der Waals surface area contributed by atoms with E-state index in [1.807, 2.05) is 400 Å². The van der Waals surface area contributed by atoms with E-state index in [0.29, 0.717) is 0 Å². The molecule has 0 saturated heterocycles. The predicted octanol–water partition coefficient (Wildman–Crippen LogP) is 39.4. The van der Waals surface area contributed by atoms with Gasteiger partial charge in [-0.25, -0.2) is 24.9 Å². The van der Waals surface area contributed by atoms with E-state index < -0.39 is 0 Å². The fourth-order valence-corrected chi connectivity index (χ4v) is 9.62. The second-order valence-corrected chi connectivity index (χ2v) is 29.0. The van der Waals surface area contributed by atoms with Gasteiger partial charge < -0.3 is 0 Å². The Balaban J connectivity index is -0.000000193. The van der Waals surface area contributed by atoms with Crippen LogP contribution >= 0.6 is 0 Å². The average Bonchev–Trinajstić information content (AvgIpc) is 0.914. The van der Waals surface area contributed by atoms with Gasteiger partial charge in [0.2, 0.25) is 0 Å². The van der Waals surface area contributed by atoms with Crippen molar-refractivity contribution in [2.75, 3.05) is 0 Å². The number of fused-ring (bicyclic) bond motifs is 9. The Morgan fingerprint density at radius 1 is 0.160 bits per heavy atom. The molecular weight excluding hydrogens is 1770 g/mol. The van der Waals surface area contributed by atoms with Gasteiger partial charge in [0.15, 0.2) is 5.65 Å². The fraction of sp³-hybridized carbons (Fsp3) is 0.429. The van der Waals surface area contributed by atoms with Crippen LogP contribution in [0.3, 0.4) is 0 Å². The van der Waals surface area contributed by atoms with Crippen LogP contribution in [0.4, 0.5) is 0 Å². The summed E-state index contributed by atoms with van der Waals surface area (Å²) in [6, 6.07) is 63.5. The zero-order chi connectivity index (χ0) is 112. The summed E-state index contributed by atoms with van der Waals surface area (Å²) in [6.07, 6.45) is 34.7. The van der Waals surface area contributed by atoms with Crippen molar-refractivity contribution in [3.8, 4) is 0 Å². The van der Waals surface area contributed by atoms with Crippen molar-refractivity contribution in [2.24, 2.45) is 0 Å². The summed E-state index contributed by atoms with van der Waals surface area (Å²) in [5, 5.41) is 17.0. The topological polar surface area (TPSA) is 232 Å². The molecule has 0 spiro atoms. The largest absolute Gasteiger partial charge is 0.264 e. The molecule has 18 nitrogen and oxygen atoms in total. The molecule has 0 unspecified atom stereocenters. The van der Waals surface area contributed by atoms with Gasteiger partial charge in [-0.05, 0) is 196 Å². The number of nitrogens with zero attached hydrogens (tertiary/aromatic N) is 18. The first-order chi connectivity index (χ1) is 70.0. The molecule has 0 aliphatic rings. The van der Waals surface area contributed by atoms with E-state index in [-0.39, 0.29) is 0 Å². The molecule has 0 N–H and O–H groups in total. The smallest absolute Gasteiger partial charge is 0.159 e. The zero-order valence-electron chi connectivity index (χ0n) is 98.9. The SMILES string of the molecule is CC.CC.CC.CC.CC.CC.CC.CC.CC.CCC.CCC.CCC.CCC.CCC.CCC.CCC.CCC.CCC.Cc1cc2ccccc2nn1.Cc1cc2cccnc2cn1.Cc1cc2cnccc2cn1.Cc1cc2ncccc2cn1.Cc1ccc2cccnc2n1.Cc1ccc2ccncc2n1.Cc1ccc2ncccc2n1.Cc1cnc2ccccc2n1.Cc1ncc2ccccc2n1. The highest BCUT2D eigenvalue weighted by Crippen LogP contribution is 2.17. The molecule has 0 bridgehead atoms. The maximum atomic E-state index is 4.31. The predicted molar refractivity (Wildman–Crippen MR) is 644 cm³/mol. The monoisotopic (exact) mass is 1960 g/mol. The van der Waals surface area contributed by atoms with Crippen molar-refractivity contribution in [1.29, 1.82) is 0 Å². The lowest BCUT2D eigenvalue weighted by Crippen LogP contribution is -1.86. The van der Waals surface area contributed by atoms with Crippen LogP contribution in [-0.4, -0.2) is 89.9 Å². The van der Waals surface area contributed by atoms with Gasteiger partial charge in [-0.2, -0.15) is 10.2 Å². The second-order valence-electron chi connectivity index (χ2n) is 29.0. The molecule has 0 atom stereocenters. The van der Waals surface area contributed by atoms with Crippen molar-refractivity contribution in [1.82, 2.24) is 89.9 Å². The van der Waals surface area contributed by atoms with Crippen molar-refractivity contribution < 1.29 is 0 Å². The van der Waals surface area contributed by atoms with Crippen molar-refractivity contribution in [3.05, 3.63) is 326 Å². The molecule has 18 heteroatoms. The molecule has 15 heterocycles. The highest BCUT2D eigenvalue weighted by molar-refractivity contribution is 5.82. The highest BCUT2D eigenvalue weighted by atomic mass is 15.1. The van der Waals surface area contributed by atoms with Crippen LogP contribution in [0.1, 0.15) is 358 Å². The summed E-state index contributed by atoms with van der Waals surface area (Å²) < 4.78 is 0. The molecule has 0 aliphatic carbocycles.